The lowest BCUT2D eigenvalue weighted by Gasteiger charge is -2.16. The molecule has 0 aromatic heterocycles. The number of carbonyl (C=O) groups excluding carboxylic acids is 3. The third-order valence-corrected chi connectivity index (χ3v) is 6.58. The van der Waals surface area contributed by atoms with Gasteiger partial charge in [-0.15, -0.1) is 0 Å². The van der Waals surface area contributed by atoms with E-state index in [1.165, 1.54) is 9.80 Å². The Balaban J connectivity index is 0.000000226. The Morgan fingerprint density at radius 2 is 1.20 bits per heavy atom. The third kappa shape index (κ3) is 8.96. The standard InChI is InChI=1S/C16H19NO4.C15H17NO4/c1-3-20-15(18)14-10-17(9-12(14)2)16(19)21-11-13-7-5-4-6-8-13;1-2-12-8-16(9-13(12)14(17)18)15(19)20-10-11-6-4-3-5-7-11/h4-8H,3,9-11H2,1-2H3;3-7H,2,8-10H2,1H3,(H,17,18). The van der Waals surface area contributed by atoms with Gasteiger partial charge in [-0.05, 0) is 42.5 Å². The molecule has 10 nitrogen and oxygen atoms in total. The van der Waals surface area contributed by atoms with Gasteiger partial charge in [0.05, 0.1) is 30.8 Å². The fourth-order valence-corrected chi connectivity index (χ4v) is 4.33. The molecular weight excluding hydrogens is 528 g/mol. The summed E-state index contributed by atoms with van der Waals surface area (Å²) < 4.78 is 15.4. The molecule has 41 heavy (non-hydrogen) atoms. The maximum absolute atomic E-state index is 12.0. The highest BCUT2D eigenvalue weighted by Crippen LogP contribution is 2.22. The first-order valence-electron chi connectivity index (χ1n) is 13.4. The zero-order chi connectivity index (χ0) is 29.8. The van der Waals surface area contributed by atoms with E-state index in [9.17, 15) is 19.2 Å². The van der Waals surface area contributed by atoms with Crippen molar-refractivity contribution in [1.29, 1.82) is 0 Å². The summed E-state index contributed by atoms with van der Waals surface area (Å²) in [6.07, 6.45) is -0.266. The Morgan fingerprint density at radius 3 is 1.63 bits per heavy atom. The van der Waals surface area contributed by atoms with Gasteiger partial charge < -0.3 is 19.3 Å². The maximum atomic E-state index is 12.0. The molecule has 4 rings (SSSR count). The zero-order valence-electron chi connectivity index (χ0n) is 23.6. The number of aliphatic carboxylic acids is 1. The minimum Gasteiger partial charge on any atom is -0.478 e. The van der Waals surface area contributed by atoms with E-state index in [1.54, 1.807) is 6.92 Å². The predicted molar refractivity (Wildman–Crippen MR) is 151 cm³/mol. The number of carbonyl (C=O) groups is 4. The van der Waals surface area contributed by atoms with E-state index < -0.39 is 18.2 Å². The summed E-state index contributed by atoms with van der Waals surface area (Å²) in [5.41, 5.74) is 4.33. The minimum absolute atomic E-state index is 0.117. The highest BCUT2D eigenvalue weighted by Gasteiger charge is 2.30. The van der Waals surface area contributed by atoms with E-state index in [4.69, 9.17) is 19.3 Å². The highest BCUT2D eigenvalue weighted by atomic mass is 16.6. The number of carboxylic acids is 1. The van der Waals surface area contributed by atoms with Gasteiger partial charge in [-0.1, -0.05) is 67.6 Å². The molecule has 2 aromatic rings. The number of carboxylic acid groups (broad SMARTS) is 1. The molecule has 0 aliphatic carbocycles. The maximum Gasteiger partial charge on any atom is 0.410 e. The smallest absolute Gasteiger partial charge is 0.410 e. The van der Waals surface area contributed by atoms with Gasteiger partial charge in [0.1, 0.15) is 13.2 Å². The Kier molecular flexibility index (Phi) is 11.5. The zero-order valence-corrected chi connectivity index (χ0v) is 23.6. The Bertz CT molecular complexity index is 1290. The van der Waals surface area contributed by atoms with Crippen molar-refractivity contribution in [2.24, 2.45) is 0 Å². The van der Waals surface area contributed by atoms with Crippen molar-refractivity contribution in [1.82, 2.24) is 9.80 Å². The van der Waals surface area contributed by atoms with E-state index >= 15 is 0 Å². The summed E-state index contributed by atoms with van der Waals surface area (Å²) in [5.74, 6) is -1.31. The van der Waals surface area contributed by atoms with E-state index in [0.717, 1.165) is 22.3 Å². The number of ether oxygens (including phenoxy) is 3. The van der Waals surface area contributed by atoms with Crippen LogP contribution in [-0.2, 0) is 37.0 Å². The molecule has 0 atom stereocenters. The molecule has 0 saturated carbocycles. The fraction of sp³-hybridized carbons (Fsp3) is 0.355. The van der Waals surface area contributed by atoms with Crippen LogP contribution in [0.25, 0.3) is 0 Å². The molecule has 2 heterocycles. The first-order chi connectivity index (χ1) is 19.7. The van der Waals surface area contributed by atoms with Crippen LogP contribution in [0.5, 0.6) is 0 Å². The molecule has 2 amide bonds. The van der Waals surface area contributed by atoms with Crippen LogP contribution in [0.4, 0.5) is 9.59 Å². The van der Waals surface area contributed by atoms with Crippen molar-refractivity contribution in [3.8, 4) is 0 Å². The van der Waals surface area contributed by atoms with Crippen molar-refractivity contribution in [2.45, 2.75) is 40.4 Å². The second-order valence-corrected chi connectivity index (χ2v) is 9.51. The number of amides is 2. The molecule has 10 heteroatoms. The molecule has 1 N–H and O–H groups in total. The predicted octanol–water partition coefficient (Wildman–Crippen LogP) is 4.95. The lowest BCUT2D eigenvalue weighted by molar-refractivity contribution is -0.138. The van der Waals surface area contributed by atoms with Crippen LogP contribution in [0.1, 0.15) is 38.3 Å². The van der Waals surface area contributed by atoms with E-state index in [0.29, 0.717) is 37.3 Å². The van der Waals surface area contributed by atoms with Gasteiger partial charge in [-0.25, -0.2) is 19.2 Å². The SMILES string of the molecule is CCC1=C(C(=O)O)CN(C(=O)OCc2ccccc2)C1.CCOC(=O)C1=C(C)CN(C(=O)OCc2ccccc2)C1. The van der Waals surface area contributed by atoms with Gasteiger partial charge in [0.15, 0.2) is 0 Å². The van der Waals surface area contributed by atoms with Gasteiger partial charge in [0, 0.05) is 13.1 Å². The minimum atomic E-state index is -0.958. The average molecular weight is 565 g/mol. The van der Waals surface area contributed by atoms with E-state index in [-0.39, 0.29) is 32.3 Å². The summed E-state index contributed by atoms with van der Waals surface area (Å²) in [5, 5.41) is 9.09. The van der Waals surface area contributed by atoms with Crippen LogP contribution in [-0.4, -0.2) is 71.8 Å². The molecule has 2 aliphatic rings. The molecule has 0 unspecified atom stereocenters. The third-order valence-electron chi connectivity index (χ3n) is 6.58. The van der Waals surface area contributed by atoms with Gasteiger partial charge in [-0.2, -0.15) is 0 Å². The Labute approximate surface area is 239 Å². The van der Waals surface area contributed by atoms with E-state index in [1.807, 2.05) is 74.5 Å². The summed E-state index contributed by atoms with van der Waals surface area (Å²) >= 11 is 0. The normalized spacial score (nSPS) is 14.4. The molecule has 0 radical (unpaired) electrons. The first kappa shape index (κ1) is 30.9. The number of benzene rings is 2. The molecule has 2 aliphatic heterocycles. The van der Waals surface area contributed by atoms with Crippen LogP contribution >= 0.6 is 0 Å². The van der Waals surface area contributed by atoms with Crippen molar-refractivity contribution in [3.63, 3.8) is 0 Å². The fourth-order valence-electron chi connectivity index (χ4n) is 4.33. The number of hydrogen-bond acceptors (Lipinski definition) is 7. The van der Waals surface area contributed by atoms with Gasteiger partial charge >= 0.3 is 24.1 Å². The average Bonchev–Trinajstić information content (AvgIpc) is 3.60. The number of hydrogen-bond donors (Lipinski definition) is 1. The van der Waals surface area contributed by atoms with Crippen LogP contribution in [0.3, 0.4) is 0 Å². The van der Waals surface area contributed by atoms with Crippen LogP contribution in [0, 0.1) is 0 Å². The topological polar surface area (TPSA) is 123 Å². The highest BCUT2D eigenvalue weighted by molar-refractivity contribution is 5.92. The molecular formula is C31H36N2O8. The van der Waals surface area contributed by atoms with Crippen molar-refractivity contribution < 1.29 is 38.5 Å². The van der Waals surface area contributed by atoms with Crippen LogP contribution in [0.15, 0.2) is 83.0 Å². The first-order valence-corrected chi connectivity index (χ1v) is 13.4. The lowest BCUT2D eigenvalue weighted by atomic mass is 10.1. The molecule has 2 aromatic carbocycles. The molecule has 0 saturated heterocycles. The largest absolute Gasteiger partial charge is 0.478 e. The number of nitrogens with zero attached hydrogens (tertiary/aromatic N) is 2. The van der Waals surface area contributed by atoms with Crippen LogP contribution in [0.2, 0.25) is 0 Å². The number of esters is 1. The second kappa shape index (κ2) is 15.3. The Hall–Kier alpha value is -4.60. The molecule has 0 bridgehead atoms. The number of rotatable bonds is 8. The van der Waals surface area contributed by atoms with Crippen molar-refractivity contribution >= 4 is 24.1 Å². The van der Waals surface area contributed by atoms with Crippen LogP contribution < -0.4 is 0 Å². The molecule has 0 fully saturated rings. The second-order valence-electron chi connectivity index (χ2n) is 9.51. The summed E-state index contributed by atoms with van der Waals surface area (Å²) in [4.78, 5) is 49.7. The van der Waals surface area contributed by atoms with E-state index in [2.05, 4.69) is 0 Å². The van der Waals surface area contributed by atoms with Gasteiger partial charge in [-0.3, -0.25) is 9.80 Å². The van der Waals surface area contributed by atoms with Crippen molar-refractivity contribution in [3.05, 3.63) is 94.1 Å². The summed E-state index contributed by atoms with van der Waals surface area (Å²) in [7, 11) is 0. The molecule has 218 valence electrons. The Morgan fingerprint density at radius 1 is 0.707 bits per heavy atom. The summed E-state index contributed by atoms with van der Waals surface area (Å²) in [6.45, 7) is 7.33. The lowest BCUT2D eigenvalue weighted by Crippen LogP contribution is -2.30. The van der Waals surface area contributed by atoms with Gasteiger partial charge in [0.25, 0.3) is 0 Å². The summed E-state index contributed by atoms with van der Waals surface area (Å²) in [6, 6.07) is 18.9. The van der Waals surface area contributed by atoms with Crippen molar-refractivity contribution in [2.75, 3.05) is 32.8 Å². The quantitative estimate of drug-likeness (QED) is 0.353. The molecule has 0 spiro atoms. The van der Waals surface area contributed by atoms with Gasteiger partial charge in [0.2, 0.25) is 0 Å². The monoisotopic (exact) mass is 564 g/mol.